The minimum Gasteiger partial charge on any atom is -0.463 e. The van der Waals surface area contributed by atoms with E-state index in [1.165, 1.54) is 13.0 Å². The van der Waals surface area contributed by atoms with Crippen molar-refractivity contribution in [2.24, 2.45) is 0 Å². The number of hydrogen-bond donors (Lipinski definition) is 0. The number of rotatable bonds is 5. The van der Waals surface area contributed by atoms with Crippen molar-refractivity contribution in [3.63, 3.8) is 0 Å². The quantitative estimate of drug-likeness (QED) is 0.353. The molecule has 7 nitrogen and oxygen atoms in total. The van der Waals surface area contributed by atoms with Gasteiger partial charge in [0.05, 0.1) is 11.5 Å². The maximum absolute atomic E-state index is 11.3. The molecule has 0 saturated carbocycles. The summed E-state index contributed by atoms with van der Waals surface area (Å²) in [5.74, 6) is -0.943. The van der Waals surface area contributed by atoms with Gasteiger partial charge in [-0.15, -0.1) is 0 Å². The van der Waals surface area contributed by atoms with E-state index in [9.17, 15) is 14.9 Å². The van der Waals surface area contributed by atoms with Crippen LogP contribution < -0.4 is 4.74 Å². The zero-order chi connectivity index (χ0) is 13.7. The molecule has 98 valence electrons. The molecule has 0 aliphatic rings. The number of carbonyl (C=O) groups excluding carboxylic acids is 1. The van der Waals surface area contributed by atoms with Crippen LogP contribution in [-0.4, -0.2) is 28.6 Å². The van der Waals surface area contributed by atoms with Crippen molar-refractivity contribution in [2.45, 2.75) is 20.0 Å². The first kappa shape index (κ1) is 14.2. The third-order valence-electron chi connectivity index (χ3n) is 1.91. The van der Waals surface area contributed by atoms with Gasteiger partial charge in [-0.25, -0.2) is 4.79 Å². The van der Waals surface area contributed by atoms with Crippen LogP contribution >= 0.6 is 11.6 Å². The van der Waals surface area contributed by atoms with Gasteiger partial charge in [0.1, 0.15) is 5.15 Å². The van der Waals surface area contributed by atoms with Crippen LogP contribution in [0.25, 0.3) is 0 Å². The number of nitro groups is 1. The Bertz CT molecular complexity index is 466. The van der Waals surface area contributed by atoms with E-state index in [2.05, 4.69) is 4.98 Å². The van der Waals surface area contributed by atoms with Crippen LogP contribution in [0.5, 0.6) is 5.88 Å². The molecule has 8 heteroatoms. The number of ether oxygens (including phenoxy) is 2. The highest BCUT2D eigenvalue weighted by Gasteiger charge is 2.23. The Morgan fingerprint density at radius 3 is 2.83 bits per heavy atom. The minimum absolute atomic E-state index is 0.0339. The van der Waals surface area contributed by atoms with Gasteiger partial charge in [0.2, 0.25) is 0 Å². The molecule has 0 bridgehead atoms. The van der Waals surface area contributed by atoms with E-state index in [0.29, 0.717) is 0 Å². The van der Waals surface area contributed by atoms with Crippen LogP contribution in [0.3, 0.4) is 0 Å². The van der Waals surface area contributed by atoms with E-state index in [1.807, 2.05) is 0 Å². The molecule has 0 aromatic carbocycles. The highest BCUT2D eigenvalue weighted by atomic mass is 35.5. The molecular weight excluding hydrogens is 264 g/mol. The normalized spacial score (nSPS) is 11.7. The molecule has 0 fully saturated rings. The summed E-state index contributed by atoms with van der Waals surface area (Å²) in [5, 5.41) is 10.8. The van der Waals surface area contributed by atoms with Gasteiger partial charge in [0, 0.05) is 6.07 Å². The lowest BCUT2D eigenvalue weighted by atomic mass is 10.4. The first-order chi connectivity index (χ1) is 8.45. The summed E-state index contributed by atoms with van der Waals surface area (Å²) in [4.78, 5) is 25.1. The van der Waals surface area contributed by atoms with Crippen molar-refractivity contribution < 1.29 is 19.2 Å². The Morgan fingerprint density at radius 2 is 2.28 bits per heavy atom. The zero-order valence-corrected chi connectivity index (χ0v) is 10.5. The van der Waals surface area contributed by atoms with E-state index >= 15 is 0 Å². The molecule has 0 aliphatic carbocycles. The largest absolute Gasteiger partial charge is 0.463 e. The molecule has 1 atom stereocenters. The minimum atomic E-state index is -1.00. The number of nitrogens with zero attached hydrogens (tertiary/aromatic N) is 2. The van der Waals surface area contributed by atoms with Crippen LogP contribution in [-0.2, 0) is 9.53 Å². The van der Waals surface area contributed by atoms with Gasteiger partial charge in [-0.3, -0.25) is 10.1 Å². The first-order valence-corrected chi connectivity index (χ1v) is 5.47. The molecule has 1 rings (SSSR count). The van der Waals surface area contributed by atoms with Crippen molar-refractivity contribution in [1.82, 2.24) is 4.98 Å². The molecule has 0 radical (unpaired) electrons. The van der Waals surface area contributed by atoms with Crippen LogP contribution in [0.4, 0.5) is 5.69 Å². The lowest BCUT2D eigenvalue weighted by Crippen LogP contribution is -2.26. The van der Waals surface area contributed by atoms with Gasteiger partial charge in [0.15, 0.2) is 6.10 Å². The van der Waals surface area contributed by atoms with Crippen LogP contribution in [0, 0.1) is 10.1 Å². The van der Waals surface area contributed by atoms with E-state index in [4.69, 9.17) is 21.1 Å². The fraction of sp³-hybridized carbons (Fsp3) is 0.400. The Hall–Kier alpha value is -1.89. The Labute approximate surface area is 108 Å². The number of carbonyl (C=O) groups is 1. The Kier molecular flexibility index (Phi) is 4.85. The summed E-state index contributed by atoms with van der Waals surface area (Å²) in [6, 6.07) is 2.42. The number of aromatic nitrogens is 1. The predicted octanol–water partition coefficient (Wildman–Crippen LogP) is 1.97. The monoisotopic (exact) mass is 274 g/mol. The molecule has 1 heterocycles. The Balaban J connectivity index is 2.92. The lowest BCUT2D eigenvalue weighted by Gasteiger charge is -2.12. The molecule has 0 N–H and O–H groups in total. The van der Waals surface area contributed by atoms with Crippen molar-refractivity contribution in [1.29, 1.82) is 0 Å². The van der Waals surface area contributed by atoms with Crippen molar-refractivity contribution in [3.8, 4) is 5.88 Å². The average molecular weight is 275 g/mol. The van der Waals surface area contributed by atoms with E-state index in [0.717, 1.165) is 6.07 Å². The van der Waals surface area contributed by atoms with Crippen LogP contribution in [0.1, 0.15) is 13.8 Å². The fourth-order valence-electron chi connectivity index (χ4n) is 1.11. The van der Waals surface area contributed by atoms with Gasteiger partial charge in [0.25, 0.3) is 5.88 Å². The molecule has 0 unspecified atom stereocenters. The SMILES string of the molecule is CCOC(=O)[C@@H](C)Oc1nc(Cl)ccc1[N+](=O)[O-]. The van der Waals surface area contributed by atoms with Crippen molar-refractivity contribution >= 4 is 23.3 Å². The van der Waals surface area contributed by atoms with Gasteiger partial charge in [-0.2, -0.15) is 4.98 Å². The summed E-state index contributed by atoms with van der Waals surface area (Å²) in [7, 11) is 0. The van der Waals surface area contributed by atoms with Gasteiger partial charge in [-0.05, 0) is 19.9 Å². The molecule has 1 aromatic rings. The molecule has 0 aliphatic heterocycles. The zero-order valence-electron chi connectivity index (χ0n) is 9.75. The maximum Gasteiger partial charge on any atom is 0.347 e. The van der Waals surface area contributed by atoms with Crippen molar-refractivity contribution in [2.75, 3.05) is 6.61 Å². The molecule has 18 heavy (non-hydrogen) atoms. The third-order valence-corrected chi connectivity index (χ3v) is 2.12. The van der Waals surface area contributed by atoms with Crippen LogP contribution in [0.2, 0.25) is 5.15 Å². The number of halogens is 1. The maximum atomic E-state index is 11.3. The number of hydrogen-bond acceptors (Lipinski definition) is 6. The average Bonchev–Trinajstić information content (AvgIpc) is 2.28. The highest BCUT2D eigenvalue weighted by Crippen LogP contribution is 2.27. The second-order valence-electron chi connectivity index (χ2n) is 3.23. The van der Waals surface area contributed by atoms with E-state index in [1.54, 1.807) is 6.92 Å². The van der Waals surface area contributed by atoms with Gasteiger partial charge >= 0.3 is 11.7 Å². The molecule has 1 aromatic heterocycles. The summed E-state index contributed by atoms with van der Waals surface area (Å²) in [6.45, 7) is 3.24. The third kappa shape index (κ3) is 3.56. The molecule has 0 saturated heterocycles. The number of pyridine rings is 1. The summed E-state index contributed by atoms with van der Waals surface area (Å²) in [5.41, 5.74) is -0.365. The van der Waals surface area contributed by atoms with Crippen LogP contribution in [0.15, 0.2) is 12.1 Å². The smallest absolute Gasteiger partial charge is 0.347 e. The van der Waals surface area contributed by atoms with Gasteiger partial charge in [-0.1, -0.05) is 11.6 Å². The lowest BCUT2D eigenvalue weighted by molar-refractivity contribution is -0.386. The second-order valence-corrected chi connectivity index (χ2v) is 3.61. The number of esters is 1. The summed E-state index contributed by atoms with van der Waals surface area (Å²) < 4.78 is 9.80. The molecule has 0 amide bonds. The summed E-state index contributed by atoms with van der Waals surface area (Å²) >= 11 is 5.62. The molecular formula is C10H11ClN2O5. The highest BCUT2D eigenvalue weighted by molar-refractivity contribution is 6.29. The molecule has 0 spiro atoms. The first-order valence-electron chi connectivity index (χ1n) is 5.10. The topological polar surface area (TPSA) is 91.6 Å². The van der Waals surface area contributed by atoms with E-state index in [-0.39, 0.29) is 23.3 Å². The van der Waals surface area contributed by atoms with Crippen molar-refractivity contribution in [3.05, 3.63) is 27.4 Å². The standard InChI is InChI=1S/C10H11ClN2O5/c1-3-17-10(14)6(2)18-9-7(13(15)16)4-5-8(11)12-9/h4-6H,3H2,1-2H3/t6-/m1/s1. The van der Waals surface area contributed by atoms with E-state index < -0.39 is 17.0 Å². The predicted molar refractivity (Wildman–Crippen MR) is 62.6 cm³/mol. The van der Waals surface area contributed by atoms with Gasteiger partial charge < -0.3 is 9.47 Å². The summed E-state index contributed by atoms with van der Waals surface area (Å²) in [6.07, 6.45) is -1.00. The second kappa shape index (κ2) is 6.15. The Morgan fingerprint density at radius 1 is 1.61 bits per heavy atom. The fourth-order valence-corrected chi connectivity index (χ4v) is 1.25.